The van der Waals surface area contributed by atoms with Crippen LogP contribution in [0.4, 0.5) is 5.82 Å². The predicted octanol–water partition coefficient (Wildman–Crippen LogP) is 3.23. The van der Waals surface area contributed by atoms with Gasteiger partial charge in [-0.3, -0.25) is 0 Å². The van der Waals surface area contributed by atoms with E-state index in [1.807, 2.05) is 45.0 Å². The van der Waals surface area contributed by atoms with Crippen molar-refractivity contribution in [3.8, 4) is 11.9 Å². The van der Waals surface area contributed by atoms with Gasteiger partial charge in [-0.25, -0.2) is 4.98 Å². The summed E-state index contributed by atoms with van der Waals surface area (Å²) in [6, 6.07) is 11.5. The fraction of sp³-hybridized carbons (Fsp3) is 0.312. The Morgan fingerprint density at radius 3 is 2.62 bits per heavy atom. The van der Waals surface area contributed by atoms with E-state index in [-0.39, 0.29) is 6.04 Å². The Labute approximate surface area is 124 Å². The molecule has 0 spiro atoms. The molecule has 0 amide bonds. The summed E-state index contributed by atoms with van der Waals surface area (Å²) in [5.41, 5.74) is 1.74. The number of anilines is 1. The van der Waals surface area contributed by atoms with Crippen LogP contribution in [0.1, 0.15) is 36.8 Å². The van der Waals surface area contributed by atoms with Gasteiger partial charge in [0.25, 0.3) is 0 Å². The monoisotopic (exact) mass is 282 g/mol. The van der Waals surface area contributed by atoms with Gasteiger partial charge in [0.1, 0.15) is 11.6 Å². The number of hydrogen-bond acceptors (Lipinski definition) is 5. The topological polar surface area (TPSA) is 70.8 Å². The Balaban J connectivity index is 2.14. The number of aryl methyl sites for hydroxylation is 1. The maximum absolute atomic E-state index is 8.82. The molecule has 5 heteroatoms. The van der Waals surface area contributed by atoms with Crippen LogP contribution in [0.3, 0.4) is 0 Å². The Morgan fingerprint density at radius 2 is 2.00 bits per heavy atom. The third-order valence-electron chi connectivity index (χ3n) is 3.01. The third-order valence-corrected chi connectivity index (χ3v) is 3.01. The molecule has 2 rings (SSSR count). The lowest BCUT2D eigenvalue weighted by atomic mass is 10.1. The highest BCUT2D eigenvalue weighted by Gasteiger charge is 2.08. The first-order valence-electron chi connectivity index (χ1n) is 6.87. The first kappa shape index (κ1) is 14.8. The number of nitrogens with zero attached hydrogens (tertiary/aromatic N) is 3. The standard InChI is InChI=1S/C16H18N4O/c1-4-21-16-9-15(19-12(3)20-16)18-11(2)14-7-5-13(10-17)6-8-14/h5-9,11H,4H2,1-3H3,(H,18,19,20). The van der Waals surface area contributed by atoms with Gasteiger partial charge in [0, 0.05) is 12.1 Å². The summed E-state index contributed by atoms with van der Waals surface area (Å²) in [5.74, 6) is 1.96. The molecule has 0 saturated heterocycles. The minimum Gasteiger partial charge on any atom is -0.478 e. The van der Waals surface area contributed by atoms with Crippen LogP contribution in [0.2, 0.25) is 0 Å². The molecule has 0 saturated carbocycles. The summed E-state index contributed by atoms with van der Waals surface area (Å²) < 4.78 is 5.42. The van der Waals surface area contributed by atoms with Gasteiger partial charge < -0.3 is 10.1 Å². The normalized spacial score (nSPS) is 11.5. The summed E-state index contributed by atoms with van der Waals surface area (Å²) in [4.78, 5) is 8.58. The van der Waals surface area contributed by atoms with Crippen LogP contribution in [0.15, 0.2) is 30.3 Å². The number of hydrogen-bond donors (Lipinski definition) is 1. The van der Waals surface area contributed by atoms with Gasteiger partial charge in [0.15, 0.2) is 0 Å². The van der Waals surface area contributed by atoms with Gasteiger partial charge in [0.05, 0.1) is 18.2 Å². The van der Waals surface area contributed by atoms with E-state index < -0.39 is 0 Å². The molecule has 1 unspecified atom stereocenters. The van der Waals surface area contributed by atoms with Gasteiger partial charge in [-0.2, -0.15) is 10.2 Å². The fourth-order valence-corrected chi connectivity index (χ4v) is 1.99. The second kappa shape index (κ2) is 6.71. The van der Waals surface area contributed by atoms with E-state index in [9.17, 15) is 0 Å². The van der Waals surface area contributed by atoms with Gasteiger partial charge in [-0.15, -0.1) is 0 Å². The molecule has 0 aliphatic rings. The molecule has 2 aromatic rings. The molecule has 21 heavy (non-hydrogen) atoms. The van der Waals surface area contributed by atoms with E-state index >= 15 is 0 Å². The average molecular weight is 282 g/mol. The van der Waals surface area contributed by atoms with Crippen LogP contribution < -0.4 is 10.1 Å². The van der Waals surface area contributed by atoms with Crippen molar-refractivity contribution in [1.82, 2.24) is 9.97 Å². The molecule has 0 bridgehead atoms. The highest BCUT2D eigenvalue weighted by molar-refractivity contribution is 5.42. The minimum atomic E-state index is 0.0709. The molecule has 1 aromatic heterocycles. The van der Waals surface area contributed by atoms with Gasteiger partial charge in [-0.1, -0.05) is 12.1 Å². The fourth-order valence-electron chi connectivity index (χ4n) is 1.99. The van der Waals surface area contributed by atoms with Crippen molar-refractivity contribution in [2.24, 2.45) is 0 Å². The third kappa shape index (κ3) is 3.93. The van der Waals surface area contributed by atoms with Crippen LogP contribution in [-0.4, -0.2) is 16.6 Å². The van der Waals surface area contributed by atoms with Crippen molar-refractivity contribution in [3.63, 3.8) is 0 Å². The van der Waals surface area contributed by atoms with E-state index in [2.05, 4.69) is 21.4 Å². The van der Waals surface area contributed by atoms with Crippen LogP contribution >= 0.6 is 0 Å². The Bertz CT molecular complexity index is 646. The lowest BCUT2D eigenvalue weighted by Gasteiger charge is -2.16. The van der Waals surface area contributed by atoms with Crippen LogP contribution in [0, 0.1) is 18.3 Å². The predicted molar refractivity (Wildman–Crippen MR) is 81.1 cm³/mol. The minimum absolute atomic E-state index is 0.0709. The second-order valence-electron chi connectivity index (χ2n) is 4.67. The molecule has 1 atom stereocenters. The van der Waals surface area contributed by atoms with Crippen LogP contribution in [0.25, 0.3) is 0 Å². The number of rotatable bonds is 5. The first-order valence-corrected chi connectivity index (χ1v) is 6.87. The summed E-state index contributed by atoms with van der Waals surface area (Å²) in [6.07, 6.45) is 0. The van der Waals surface area contributed by atoms with Gasteiger partial charge >= 0.3 is 0 Å². The van der Waals surface area contributed by atoms with Crippen molar-refractivity contribution in [3.05, 3.63) is 47.3 Å². The summed E-state index contributed by atoms with van der Waals surface area (Å²) in [5, 5.41) is 12.1. The van der Waals surface area contributed by atoms with Crippen LogP contribution in [-0.2, 0) is 0 Å². The molecule has 0 radical (unpaired) electrons. The molecule has 1 heterocycles. The maximum atomic E-state index is 8.82. The molecular formula is C16H18N4O. The molecule has 5 nitrogen and oxygen atoms in total. The van der Waals surface area contributed by atoms with E-state index in [1.165, 1.54) is 0 Å². The largest absolute Gasteiger partial charge is 0.478 e. The van der Waals surface area contributed by atoms with Crippen molar-refractivity contribution in [2.45, 2.75) is 26.8 Å². The zero-order valence-corrected chi connectivity index (χ0v) is 12.4. The Morgan fingerprint density at radius 1 is 1.29 bits per heavy atom. The molecule has 0 fully saturated rings. The Kier molecular flexibility index (Phi) is 4.72. The molecule has 1 aromatic carbocycles. The quantitative estimate of drug-likeness (QED) is 0.911. The highest BCUT2D eigenvalue weighted by Crippen LogP contribution is 2.20. The first-order chi connectivity index (χ1) is 10.1. The second-order valence-corrected chi connectivity index (χ2v) is 4.67. The molecule has 0 aliphatic carbocycles. The lowest BCUT2D eigenvalue weighted by Crippen LogP contribution is -2.09. The molecule has 1 N–H and O–H groups in total. The molecule has 0 aliphatic heterocycles. The van der Waals surface area contributed by atoms with E-state index in [0.29, 0.717) is 23.9 Å². The van der Waals surface area contributed by atoms with Crippen molar-refractivity contribution >= 4 is 5.82 Å². The maximum Gasteiger partial charge on any atom is 0.218 e. The number of nitrogens with one attached hydrogen (secondary N) is 1. The lowest BCUT2D eigenvalue weighted by molar-refractivity contribution is 0.325. The van der Waals surface area contributed by atoms with E-state index in [4.69, 9.17) is 10.00 Å². The zero-order valence-electron chi connectivity index (χ0n) is 12.4. The van der Waals surface area contributed by atoms with E-state index in [1.54, 1.807) is 6.07 Å². The Hall–Kier alpha value is -2.61. The van der Waals surface area contributed by atoms with Crippen molar-refractivity contribution in [1.29, 1.82) is 5.26 Å². The molecule has 108 valence electrons. The van der Waals surface area contributed by atoms with Gasteiger partial charge in [0.2, 0.25) is 5.88 Å². The summed E-state index contributed by atoms with van der Waals surface area (Å²) in [6.45, 7) is 6.37. The SMILES string of the molecule is CCOc1cc(NC(C)c2ccc(C#N)cc2)nc(C)n1. The summed E-state index contributed by atoms with van der Waals surface area (Å²) in [7, 11) is 0. The zero-order chi connectivity index (χ0) is 15.2. The van der Waals surface area contributed by atoms with Gasteiger partial charge in [-0.05, 0) is 38.5 Å². The summed E-state index contributed by atoms with van der Waals surface area (Å²) >= 11 is 0. The van der Waals surface area contributed by atoms with Crippen molar-refractivity contribution < 1.29 is 4.74 Å². The number of benzene rings is 1. The van der Waals surface area contributed by atoms with Crippen LogP contribution in [0.5, 0.6) is 5.88 Å². The average Bonchev–Trinajstić information content (AvgIpc) is 2.47. The van der Waals surface area contributed by atoms with E-state index in [0.717, 1.165) is 11.4 Å². The number of aromatic nitrogens is 2. The van der Waals surface area contributed by atoms with Crippen molar-refractivity contribution in [2.75, 3.05) is 11.9 Å². The highest BCUT2D eigenvalue weighted by atomic mass is 16.5. The number of nitriles is 1. The smallest absolute Gasteiger partial charge is 0.218 e. The molecular weight excluding hydrogens is 264 g/mol. The number of ether oxygens (including phenoxy) is 1.